The first-order chi connectivity index (χ1) is 6.05. The molecule has 84 valence electrons. The van der Waals surface area contributed by atoms with E-state index in [0.717, 1.165) is 0 Å². The van der Waals surface area contributed by atoms with Crippen molar-refractivity contribution in [1.82, 2.24) is 0 Å². The van der Waals surface area contributed by atoms with Crippen LogP contribution in [0.15, 0.2) is 0 Å². The van der Waals surface area contributed by atoms with Gasteiger partial charge in [-0.1, -0.05) is 20.8 Å². The number of alkyl halides is 3. The second kappa shape index (κ2) is 4.16. The predicted molar refractivity (Wildman–Crippen MR) is 42.9 cm³/mol. The molecular formula is C8H13F3O3. The lowest BCUT2D eigenvalue weighted by Crippen LogP contribution is -2.43. The molecule has 0 saturated carbocycles. The van der Waals surface area contributed by atoms with Gasteiger partial charge in [-0.2, -0.15) is 13.2 Å². The van der Waals surface area contributed by atoms with Gasteiger partial charge in [0.2, 0.25) is 0 Å². The van der Waals surface area contributed by atoms with Crippen molar-refractivity contribution < 1.29 is 27.8 Å². The van der Waals surface area contributed by atoms with Gasteiger partial charge in [0.05, 0.1) is 0 Å². The zero-order chi connectivity index (χ0) is 11.6. The van der Waals surface area contributed by atoms with Crippen molar-refractivity contribution in [2.45, 2.75) is 33.1 Å². The van der Waals surface area contributed by atoms with Crippen LogP contribution in [0.25, 0.3) is 0 Å². The maximum atomic E-state index is 12.3. The second-order valence-electron chi connectivity index (χ2n) is 3.99. The van der Waals surface area contributed by atoms with E-state index in [1.54, 1.807) is 0 Å². The first-order valence-electron chi connectivity index (χ1n) is 3.95. The average Bonchev–Trinajstić information content (AvgIpc) is 1.78. The minimum absolute atomic E-state index is 0.943. The third-order valence-corrected chi connectivity index (χ3v) is 1.46. The van der Waals surface area contributed by atoms with Crippen molar-refractivity contribution in [2.75, 3.05) is 6.61 Å². The Kier molecular flexibility index (Phi) is 3.93. The zero-order valence-corrected chi connectivity index (χ0v) is 8.18. The van der Waals surface area contributed by atoms with Crippen LogP contribution in [-0.2, 0) is 9.53 Å². The molecule has 14 heavy (non-hydrogen) atoms. The van der Waals surface area contributed by atoms with E-state index in [1.807, 2.05) is 0 Å². The van der Waals surface area contributed by atoms with Crippen LogP contribution in [0.5, 0.6) is 0 Å². The Bertz CT molecular complexity index is 191. The number of carbonyl (C=O) groups is 1. The van der Waals surface area contributed by atoms with Crippen LogP contribution in [0, 0.1) is 5.41 Å². The summed E-state index contributed by atoms with van der Waals surface area (Å²) in [6, 6.07) is 0. The van der Waals surface area contributed by atoms with Gasteiger partial charge in [-0.05, 0) is 5.41 Å². The van der Waals surface area contributed by atoms with Gasteiger partial charge in [-0.3, -0.25) is 0 Å². The molecule has 3 nitrogen and oxygen atoms in total. The number of hydrogen-bond acceptors (Lipinski definition) is 2. The quantitative estimate of drug-likeness (QED) is 0.782. The third kappa shape index (κ3) is 4.45. The largest absolute Gasteiger partial charge is 0.480 e. The third-order valence-electron chi connectivity index (χ3n) is 1.46. The molecule has 0 saturated heterocycles. The van der Waals surface area contributed by atoms with Gasteiger partial charge in [-0.25, -0.2) is 4.79 Å². The first kappa shape index (κ1) is 13.2. The zero-order valence-electron chi connectivity index (χ0n) is 8.18. The number of ether oxygens (including phenoxy) is 1. The normalized spacial score (nSPS) is 15.3. The molecule has 1 atom stereocenters. The Morgan fingerprint density at radius 3 is 2.00 bits per heavy atom. The number of aliphatic carboxylic acids is 1. The van der Waals surface area contributed by atoms with Crippen molar-refractivity contribution in [3.8, 4) is 0 Å². The fourth-order valence-corrected chi connectivity index (χ4v) is 0.990. The smallest absolute Gasteiger partial charge is 0.415 e. The van der Waals surface area contributed by atoms with Gasteiger partial charge in [0.15, 0.2) is 6.10 Å². The van der Waals surface area contributed by atoms with Gasteiger partial charge in [-0.15, -0.1) is 0 Å². The molecule has 0 rings (SSSR count). The van der Waals surface area contributed by atoms with E-state index in [0.29, 0.717) is 0 Å². The molecule has 1 unspecified atom stereocenters. The molecule has 0 aliphatic rings. The predicted octanol–water partition coefficient (Wildman–Crippen LogP) is 2.06. The molecule has 0 aromatic carbocycles. The molecule has 0 aromatic rings. The van der Waals surface area contributed by atoms with Crippen LogP contribution >= 0.6 is 0 Å². The summed E-state index contributed by atoms with van der Waals surface area (Å²) in [6.45, 7) is 3.08. The monoisotopic (exact) mass is 214 g/mol. The molecule has 0 aromatic heterocycles. The van der Waals surface area contributed by atoms with Crippen LogP contribution in [-0.4, -0.2) is 30.0 Å². The summed E-state index contributed by atoms with van der Waals surface area (Å²) in [5, 5.41) is 8.20. The highest BCUT2D eigenvalue weighted by Gasteiger charge is 2.48. The number of hydrogen-bond donors (Lipinski definition) is 1. The van der Waals surface area contributed by atoms with Gasteiger partial charge < -0.3 is 9.84 Å². The number of rotatable bonds is 3. The fourth-order valence-electron chi connectivity index (χ4n) is 0.990. The summed E-state index contributed by atoms with van der Waals surface area (Å²) in [5.41, 5.74) is -1.17. The molecule has 0 aliphatic heterocycles. The maximum absolute atomic E-state index is 12.3. The van der Waals surface area contributed by atoms with Crippen LogP contribution < -0.4 is 0 Å². The minimum atomic E-state index is -4.55. The highest BCUT2D eigenvalue weighted by molar-refractivity contribution is 5.68. The summed E-state index contributed by atoms with van der Waals surface area (Å²) in [4.78, 5) is 10.1. The van der Waals surface area contributed by atoms with E-state index < -0.39 is 30.3 Å². The topological polar surface area (TPSA) is 46.5 Å². The lowest BCUT2D eigenvalue weighted by atomic mass is 9.88. The van der Waals surface area contributed by atoms with Crippen LogP contribution in [0.3, 0.4) is 0 Å². The minimum Gasteiger partial charge on any atom is -0.480 e. The van der Waals surface area contributed by atoms with E-state index in [4.69, 9.17) is 5.11 Å². The van der Waals surface area contributed by atoms with Crippen LogP contribution in [0.2, 0.25) is 0 Å². The summed E-state index contributed by atoms with van der Waals surface area (Å²) in [5.74, 6) is -1.41. The molecular weight excluding hydrogens is 201 g/mol. The van der Waals surface area contributed by atoms with Crippen LogP contribution in [0.4, 0.5) is 13.2 Å². The van der Waals surface area contributed by atoms with E-state index in [-0.39, 0.29) is 0 Å². The van der Waals surface area contributed by atoms with E-state index in [2.05, 4.69) is 4.74 Å². The summed E-state index contributed by atoms with van der Waals surface area (Å²) >= 11 is 0. The molecule has 0 bridgehead atoms. The molecule has 0 heterocycles. The lowest BCUT2D eigenvalue weighted by Gasteiger charge is -2.31. The number of carboxylic acid groups (broad SMARTS) is 1. The highest BCUT2D eigenvalue weighted by Crippen LogP contribution is 2.35. The molecule has 0 radical (unpaired) electrons. The van der Waals surface area contributed by atoms with Crippen molar-refractivity contribution >= 4 is 5.97 Å². The van der Waals surface area contributed by atoms with Crippen molar-refractivity contribution in [2.24, 2.45) is 5.41 Å². The van der Waals surface area contributed by atoms with Crippen molar-refractivity contribution in [3.63, 3.8) is 0 Å². The molecule has 1 N–H and O–H groups in total. The lowest BCUT2D eigenvalue weighted by molar-refractivity contribution is -0.248. The van der Waals surface area contributed by atoms with Crippen molar-refractivity contribution in [1.29, 1.82) is 0 Å². The van der Waals surface area contributed by atoms with E-state index in [9.17, 15) is 18.0 Å². The first-order valence-corrected chi connectivity index (χ1v) is 3.95. The van der Waals surface area contributed by atoms with Crippen molar-refractivity contribution in [3.05, 3.63) is 0 Å². The number of carboxylic acids is 1. The van der Waals surface area contributed by atoms with Crippen LogP contribution in [0.1, 0.15) is 20.8 Å². The second-order valence-corrected chi connectivity index (χ2v) is 3.99. The Labute approximate surface area is 79.9 Å². The molecule has 0 fully saturated rings. The van der Waals surface area contributed by atoms with Gasteiger partial charge in [0.25, 0.3) is 0 Å². The summed E-state index contributed by atoms with van der Waals surface area (Å²) in [7, 11) is 0. The molecule has 6 heteroatoms. The molecule has 0 spiro atoms. The molecule has 0 aliphatic carbocycles. The highest BCUT2D eigenvalue weighted by atomic mass is 19.4. The van der Waals surface area contributed by atoms with E-state index >= 15 is 0 Å². The Hall–Kier alpha value is -0.780. The Morgan fingerprint density at radius 1 is 1.36 bits per heavy atom. The number of halogens is 3. The maximum Gasteiger partial charge on any atom is 0.415 e. The average molecular weight is 214 g/mol. The fraction of sp³-hybridized carbons (Fsp3) is 0.875. The molecule has 0 amide bonds. The van der Waals surface area contributed by atoms with Gasteiger partial charge in [0.1, 0.15) is 6.61 Å². The SMILES string of the molecule is CC(C)(C)C(OCC(=O)O)C(F)(F)F. The van der Waals surface area contributed by atoms with Gasteiger partial charge >= 0.3 is 12.1 Å². The summed E-state index contributed by atoms with van der Waals surface area (Å²) < 4.78 is 41.4. The summed E-state index contributed by atoms with van der Waals surface area (Å²) in [6.07, 6.45) is -6.61. The van der Waals surface area contributed by atoms with Gasteiger partial charge in [0, 0.05) is 0 Å². The Morgan fingerprint density at radius 2 is 1.79 bits per heavy atom. The Balaban J connectivity index is 4.51. The van der Waals surface area contributed by atoms with E-state index in [1.165, 1.54) is 20.8 Å². The standard InChI is InChI=1S/C8H13F3O3/c1-7(2,3)6(8(9,10)11)14-4-5(12)13/h6H,4H2,1-3H3,(H,12,13).